The number of aliphatic carboxylic acids is 1. The van der Waals surface area contributed by atoms with E-state index in [1.54, 1.807) is 19.2 Å². The molecule has 1 unspecified atom stereocenters. The molecule has 3 N–H and O–H groups in total. The number of benzene rings is 1. The Kier molecular flexibility index (Phi) is 3.99. The number of carboxylic acids is 1. The minimum absolute atomic E-state index is 0.331. The van der Waals surface area contributed by atoms with Crippen molar-refractivity contribution < 1.29 is 14.6 Å². The van der Waals surface area contributed by atoms with Crippen molar-refractivity contribution in [1.29, 1.82) is 0 Å². The van der Waals surface area contributed by atoms with Crippen molar-refractivity contribution in [3.8, 4) is 5.75 Å². The van der Waals surface area contributed by atoms with Crippen molar-refractivity contribution in [3.05, 3.63) is 28.8 Å². The Morgan fingerprint density at radius 3 is 2.95 bits per heavy atom. The lowest BCUT2D eigenvalue weighted by Gasteiger charge is -2.21. The summed E-state index contributed by atoms with van der Waals surface area (Å²) in [4.78, 5) is 13.1. The Morgan fingerprint density at radius 1 is 1.63 bits per heavy atom. The number of rotatable bonds is 4. The van der Waals surface area contributed by atoms with Crippen LogP contribution in [0, 0.1) is 0 Å². The number of methoxy groups -OCH3 is 1. The summed E-state index contributed by atoms with van der Waals surface area (Å²) in [5.74, 6) is -0.206. The third-order valence-electron chi connectivity index (χ3n) is 3.44. The molecule has 104 valence electrons. The second-order valence-corrected chi connectivity index (χ2v) is 5.31. The SMILES string of the molecule is COc1ccc(Cl)cc1CN1CCC(N)(C(=O)O)C1. The zero-order valence-electron chi connectivity index (χ0n) is 10.7. The molecule has 0 aromatic heterocycles. The van der Waals surface area contributed by atoms with Crippen LogP contribution in [0.5, 0.6) is 5.75 Å². The van der Waals surface area contributed by atoms with E-state index in [9.17, 15) is 4.79 Å². The van der Waals surface area contributed by atoms with E-state index < -0.39 is 11.5 Å². The largest absolute Gasteiger partial charge is 0.496 e. The molecular formula is C13H17ClN2O3. The number of nitrogens with zero attached hydrogens (tertiary/aromatic N) is 1. The van der Waals surface area contributed by atoms with Crippen molar-refractivity contribution in [2.45, 2.75) is 18.5 Å². The van der Waals surface area contributed by atoms with Crippen molar-refractivity contribution >= 4 is 17.6 Å². The lowest BCUT2D eigenvalue weighted by Crippen LogP contribution is -2.50. The molecule has 0 aliphatic carbocycles. The predicted octanol–water partition coefficient (Wildman–Crippen LogP) is 1.34. The summed E-state index contributed by atoms with van der Waals surface area (Å²) in [5, 5.41) is 9.74. The fourth-order valence-electron chi connectivity index (χ4n) is 2.34. The summed E-state index contributed by atoms with van der Waals surface area (Å²) < 4.78 is 5.28. The first-order valence-electron chi connectivity index (χ1n) is 6.02. The second-order valence-electron chi connectivity index (χ2n) is 4.88. The average Bonchev–Trinajstić information content (AvgIpc) is 2.73. The van der Waals surface area contributed by atoms with E-state index in [0.29, 0.717) is 31.1 Å². The summed E-state index contributed by atoms with van der Waals surface area (Å²) in [6.07, 6.45) is 0.450. The number of ether oxygens (including phenoxy) is 1. The first-order chi connectivity index (χ1) is 8.94. The Morgan fingerprint density at radius 2 is 2.37 bits per heavy atom. The van der Waals surface area contributed by atoms with Crippen LogP contribution in [0.1, 0.15) is 12.0 Å². The van der Waals surface area contributed by atoms with Crippen LogP contribution in [-0.4, -0.2) is 41.7 Å². The fourth-order valence-corrected chi connectivity index (χ4v) is 2.53. The molecule has 1 fully saturated rings. The molecule has 1 aromatic carbocycles. The standard InChI is InChI=1S/C13H17ClN2O3/c1-19-11-3-2-10(14)6-9(11)7-16-5-4-13(15,8-16)12(17)18/h2-3,6H,4-5,7-8,15H2,1H3,(H,17,18). The molecule has 19 heavy (non-hydrogen) atoms. The molecule has 1 saturated heterocycles. The van der Waals surface area contributed by atoms with Gasteiger partial charge in [0.25, 0.3) is 0 Å². The quantitative estimate of drug-likeness (QED) is 0.872. The molecule has 5 nitrogen and oxygen atoms in total. The van der Waals surface area contributed by atoms with Crippen LogP contribution >= 0.6 is 11.6 Å². The van der Waals surface area contributed by atoms with Gasteiger partial charge in [0.15, 0.2) is 0 Å². The molecule has 0 amide bonds. The monoisotopic (exact) mass is 284 g/mol. The zero-order chi connectivity index (χ0) is 14.0. The highest BCUT2D eigenvalue weighted by molar-refractivity contribution is 6.30. The number of likely N-dealkylation sites (tertiary alicyclic amines) is 1. The smallest absolute Gasteiger partial charge is 0.325 e. The number of hydrogen-bond acceptors (Lipinski definition) is 4. The highest BCUT2D eigenvalue weighted by atomic mass is 35.5. The predicted molar refractivity (Wildman–Crippen MR) is 72.5 cm³/mol. The molecule has 0 saturated carbocycles. The van der Waals surface area contributed by atoms with Gasteiger partial charge in [-0.2, -0.15) is 0 Å². The van der Waals surface area contributed by atoms with Gasteiger partial charge in [0.2, 0.25) is 0 Å². The van der Waals surface area contributed by atoms with Crippen molar-refractivity contribution in [3.63, 3.8) is 0 Å². The number of nitrogens with two attached hydrogens (primary N) is 1. The lowest BCUT2D eigenvalue weighted by molar-refractivity contribution is -0.142. The van der Waals surface area contributed by atoms with Crippen molar-refractivity contribution in [1.82, 2.24) is 4.90 Å². The van der Waals surface area contributed by atoms with Crippen LogP contribution in [0.4, 0.5) is 0 Å². The van der Waals surface area contributed by atoms with Crippen LogP contribution in [-0.2, 0) is 11.3 Å². The molecule has 0 radical (unpaired) electrons. The third kappa shape index (κ3) is 3.00. The van der Waals surface area contributed by atoms with Crippen LogP contribution < -0.4 is 10.5 Å². The summed E-state index contributed by atoms with van der Waals surface area (Å²) >= 11 is 5.97. The fraction of sp³-hybridized carbons (Fsp3) is 0.462. The van der Waals surface area contributed by atoms with Gasteiger partial charge in [0, 0.05) is 30.2 Å². The van der Waals surface area contributed by atoms with Gasteiger partial charge in [-0.3, -0.25) is 9.69 Å². The Hall–Kier alpha value is -1.30. The molecule has 0 spiro atoms. The second kappa shape index (κ2) is 5.36. The third-order valence-corrected chi connectivity index (χ3v) is 3.68. The zero-order valence-corrected chi connectivity index (χ0v) is 11.5. The molecule has 1 atom stereocenters. The topological polar surface area (TPSA) is 75.8 Å². The van der Waals surface area contributed by atoms with Crippen LogP contribution in [0.15, 0.2) is 18.2 Å². The van der Waals surface area contributed by atoms with E-state index in [0.717, 1.165) is 11.3 Å². The first-order valence-corrected chi connectivity index (χ1v) is 6.39. The van der Waals surface area contributed by atoms with Gasteiger partial charge in [-0.15, -0.1) is 0 Å². The lowest BCUT2D eigenvalue weighted by atomic mass is 10.0. The molecule has 1 aromatic rings. The van der Waals surface area contributed by atoms with Gasteiger partial charge in [-0.25, -0.2) is 0 Å². The highest BCUT2D eigenvalue weighted by Crippen LogP contribution is 2.27. The first kappa shape index (κ1) is 14.1. The van der Waals surface area contributed by atoms with Gasteiger partial charge >= 0.3 is 5.97 Å². The normalized spacial score (nSPS) is 23.5. The summed E-state index contributed by atoms with van der Waals surface area (Å²) in [6.45, 7) is 1.56. The highest BCUT2D eigenvalue weighted by Gasteiger charge is 2.41. The van der Waals surface area contributed by atoms with Crippen molar-refractivity contribution in [2.75, 3.05) is 20.2 Å². The Labute approximate surface area is 116 Å². The maximum Gasteiger partial charge on any atom is 0.325 e. The van der Waals surface area contributed by atoms with Gasteiger partial charge in [-0.05, 0) is 24.6 Å². The van der Waals surface area contributed by atoms with E-state index in [2.05, 4.69) is 0 Å². The van der Waals surface area contributed by atoms with Crippen LogP contribution in [0.25, 0.3) is 0 Å². The van der Waals surface area contributed by atoms with E-state index in [-0.39, 0.29) is 0 Å². The summed E-state index contributed by atoms with van der Waals surface area (Å²) in [5.41, 5.74) is 5.64. The van der Waals surface area contributed by atoms with Gasteiger partial charge in [-0.1, -0.05) is 11.6 Å². The Balaban J connectivity index is 2.11. The minimum atomic E-state index is -1.15. The Bertz CT molecular complexity index is 495. The summed E-state index contributed by atoms with van der Waals surface area (Å²) in [7, 11) is 1.60. The van der Waals surface area contributed by atoms with Gasteiger partial charge < -0.3 is 15.6 Å². The minimum Gasteiger partial charge on any atom is -0.496 e. The molecule has 1 aliphatic heterocycles. The molecular weight excluding hydrogens is 268 g/mol. The maximum atomic E-state index is 11.1. The van der Waals surface area contributed by atoms with E-state index in [4.69, 9.17) is 27.2 Å². The molecule has 0 bridgehead atoms. The van der Waals surface area contributed by atoms with E-state index >= 15 is 0 Å². The van der Waals surface area contributed by atoms with Crippen LogP contribution in [0.3, 0.4) is 0 Å². The average molecular weight is 285 g/mol. The summed E-state index contributed by atoms with van der Waals surface area (Å²) in [6, 6.07) is 5.40. The van der Waals surface area contributed by atoms with Crippen LogP contribution in [0.2, 0.25) is 5.02 Å². The van der Waals surface area contributed by atoms with E-state index in [1.165, 1.54) is 0 Å². The number of halogens is 1. The number of hydrogen-bond donors (Lipinski definition) is 2. The van der Waals surface area contributed by atoms with E-state index in [1.807, 2.05) is 11.0 Å². The molecule has 2 rings (SSSR count). The maximum absolute atomic E-state index is 11.1. The molecule has 6 heteroatoms. The van der Waals surface area contributed by atoms with Crippen molar-refractivity contribution in [2.24, 2.45) is 5.73 Å². The van der Waals surface area contributed by atoms with Gasteiger partial charge in [0.05, 0.1) is 7.11 Å². The number of carboxylic acid groups (broad SMARTS) is 1. The van der Waals surface area contributed by atoms with Gasteiger partial charge in [0.1, 0.15) is 11.3 Å². The molecule has 1 heterocycles. The molecule has 1 aliphatic rings. The number of carbonyl (C=O) groups is 1.